The zero-order valence-electron chi connectivity index (χ0n) is 23.3. The van der Waals surface area contributed by atoms with Crippen molar-refractivity contribution >= 4 is 71.1 Å². The number of hydrogen-bond donors (Lipinski definition) is 7. The molecule has 24 heteroatoms. The van der Waals surface area contributed by atoms with E-state index in [-0.39, 0.29) is 40.7 Å². The van der Waals surface area contributed by atoms with Gasteiger partial charge >= 0.3 is 13.4 Å². The number of aliphatic hydroxyl groups excluding tert-OH is 1. The van der Waals surface area contributed by atoms with E-state index in [9.17, 15) is 24.6 Å². The molecule has 0 saturated carbocycles. The second-order valence-corrected chi connectivity index (χ2v) is 15.7. The van der Waals surface area contributed by atoms with Gasteiger partial charge in [0.15, 0.2) is 34.5 Å². The van der Waals surface area contributed by atoms with Crippen LogP contribution < -0.4 is 17.0 Å². The van der Waals surface area contributed by atoms with Crippen LogP contribution >= 0.6 is 13.4 Å². The van der Waals surface area contributed by atoms with Crippen LogP contribution in [0.3, 0.4) is 0 Å². The maximum Gasteiger partial charge on any atom is 0.325 e. The summed E-state index contributed by atoms with van der Waals surface area (Å²) >= 11 is 9.81. The molecule has 20 nitrogen and oxygen atoms in total. The number of nitrogens with two attached hydrogens (primary N) is 2. The number of hydrogen-bond acceptors (Lipinski definition) is 16. The number of rotatable bonds is 10. The summed E-state index contributed by atoms with van der Waals surface area (Å²) in [5.41, 5.74) is 9.68. The molecule has 2 saturated heterocycles. The second kappa shape index (κ2) is 12.2. The Morgan fingerprint density at radius 1 is 1.11 bits per heavy atom. The molecule has 7 atom stereocenters. The van der Waals surface area contributed by atoms with Crippen LogP contribution in [0.25, 0.3) is 22.3 Å². The molecule has 46 heavy (non-hydrogen) atoms. The van der Waals surface area contributed by atoms with E-state index in [0.717, 1.165) is 0 Å². The Kier molecular flexibility index (Phi) is 8.75. The molecule has 0 bridgehead atoms. The average Bonchev–Trinajstić information content (AvgIpc) is 3.77. The van der Waals surface area contributed by atoms with Crippen molar-refractivity contribution in [3.8, 4) is 12.3 Å². The first kappa shape index (κ1) is 32.9. The lowest BCUT2D eigenvalue weighted by molar-refractivity contribution is -0.0867. The van der Waals surface area contributed by atoms with E-state index < -0.39 is 62.0 Å². The van der Waals surface area contributed by atoms with Gasteiger partial charge in [-0.05, 0) is 36.5 Å². The van der Waals surface area contributed by atoms with Gasteiger partial charge in [0.05, 0.1) is 32.0 Å². The van der Waals surface area contributed by atoms with Crippen molar-refractivity contribution in [3.05, 3.63) is 29.3 Å². The highest BCUT2D eigenvalue weighted by Gasteiger charge is 2.58. The van der Waals surface area contributed by atoms with Crippen LogP contribution in [0.1, 0.15) is 25.3 Å². The summed E-state index contributed by atoms with van der Waals surface area (Å²) in [5.74, 6) is 2.28. The molecule has 6 rings (SSSR count). The molecule has 2 fully saturated rings. The Morgan fingerprint density at radius 2 is 1.85 bits per heavy atom. The Hall–Kier alpha value is -3.00. The van der Waals surface area contributed by atoms with Gasteiger partial charge in [0.25, 0.3) is 5.56 Å². The molecule has 0 spiro atoms. The van der Waals surface area contributed by atoms with Crippen LogP contribution in [0.5, 0.6) is 0 Å². The van der Waals surface area contributed by atoms with Crippen molar-refractivity contribution in [3.63, 3.8) is 0 Å². The van der Waals surface area contributed by atoms with Crippen molar-refractivity contribution in [2.75, 3.05) is 24.7 Å². The number of nitrogens with zero attached hydrogens (tertiary/aromatic N) is 7. The SMILES string of the molecule is C#C[C@]1(COP(O)(O)=S)O[C@@H](n2cnc3c(N)ncnc32)[C@H](O)C1OP(O)(=S)OC[C@@H]1CC[C@H](n2cnc3c(=O)[nH]c(N)nc32)O1. The lowest BCUT2D eigenvalue weighted by Gasteiger charge is -2.32. The maximum absolute atomic E-state index is 12.1. The topological polar surface area (TPSA) is 286 Å². The summed E-state index contributed by atoms with van der Waals surface area (Å²) in [4.78, 5) is 65.4. The smallest absolute Gasteiger partial charge is 0.325 e. The van der Waals surface area contributed by atoms with Gasteiger partial charge in [0.2, 0.25) is 5.95 Å². The van der Waals surface area contributed by atoms with E-state index in [1.807, 2.05) is 0 Å². The average molecular weight is 717 g/mol. The van der Waals surface area contributed by atoms with Gasteiger partial charge in [-0.3, -0.25) is 23.4 Å². The first-order valence-electron chi connectivity index (χ1n) is 13.2. The summed E-state index contributed by atoms with van der Waals surface area (Å²) in [7, 11) is 0. The lowest BCUT2D eigenvalue weighted by Crippen LogP contribution is -2.47. The molecule has 246 valence electrons. The lowest BCUT2D eigenvalue weighted by atomic mass is 9.97. The molecule has 4 aromatic heterocycles. The summed E-state index contributed by atoms with van der Waals surface area (Å²) in [6.45, 7) is -9.51. The Labute approximate surface area is 268 Å². The van der Waals surface area contributed by atoms with E-state index in [1.165, 1.54) is 23.5 Å². The number of H-pyrrole nitrogens is 1. The minimum atomic E-state index is -4.27. The van der Waals surface area contributed by atoms with Crippen LogP contribution in [0.2, 0.25) is 0 Å². The molecule has 2 aliphatic heterocycles. The van der Waals surface area contributed by atoms with Crippen molar-refractivity contribution in [1.29, 1.82) is 0 Å². The highest BCUT2D eigenvalue weighted by atomic mass is 32.5. The number of fused-ring (bicyclic) bond motifs is 2. The fourth-order valence-corrected chi connectivity index (χ4v) is 7.15. The van der Waals surface area contributed by atoms with Crippen LogP contribution in [0.15, 0.2) is 23.8 Å². The quantitative estimate of drug-likeness (QED) is 0.0758. The van der Waals surface area contributed by atoms with Crippen molar-refractivity contribution < 1.29 is 42.8 Å². The second-order valence-electron chi connectivity index (χ2n) is 10.2. The Bertz CT molecular complexity index is 2000. The van der Waals surface area contributed by atoms with Crippen molar-refractivity contribution in [2.24, 2.45) is 0 Å². The number of anilines is 2. The van der Waals surface area contributed by atoms with E-state index in [1.54, 1.807) is 4.57 Å². The Morgan fingerprint density at radius 3 is 2.59 bits per heavy atom. The van der Waals surface area contributed by atoms with Gasteiger partial charge in [-0.1, -0.05) is 5.92 Å². The fourth-order valence-electron chi connectivity index (χ4n) is 5.18. The van der Waals surface area contributed by atoms with Gasteiger partial charge in [0.1, 0.15) is 30.3 Å². The van der Waals surface area contributed by atoms with E-state index in [2.05, 4.69) is 47.6 Å². The molecule has 0 aromatic carbocycles. The summed E-state index contributed by atoms with van der Waals surface area (Å²) in [6.07, 6.45) is 4.71. The van der Waals surface area contributed by atoms with Gasteiger partial charge in [-0.25, -0.2) is 19.9 Å². The molecule has 6 heterocycles. The zero-order chi connectivity index (χ0) is 33.0. The standard InChI is InChI=1S/C22H26N10O10P2S2/c1-2-22(6-39-43(35,36)45)15(14(33)20(41-22)32-9-27-12-16(23)25-7-26-17(12)32)42-44(37,46)38-5-10-3-4-11(40-10)31-8-28-13-18(31)29-21(24)30-19(13)34/h1,7-11,14-15,20,33H,3-6H2,(H,37,46)(H2,23,25,26)(H2,35,36,45)(H3,24,29,30,34)/t10-,11+,14+,15?,20+,22+,44?/m0/s1. The van der Waals surface area contributed by atoms with Gasteiger partial charge in [0, 0.05) is 0 Å². The third kappa shape index (κ3) is 6.31. The molecule has 9 N–H and O–H groups in total. The van der Waals surface area contributed by atoms with Gasteiger partial charge in [-0.15, -0.1) is 6.42 Å². The number of aromatic amines is 1. The van der Waals surface area contributed by atoms with Crippen molar-refractivity contribution in [2.45, 2.75) is 49.2 Å². The number of terminal acetylenes is 1. The van der Waals surface area contributed by atoms with Gasteiger partial charge in [-0.2, -0.15) is 4.98 Å². The summed E-state index contributed by atoms with van der Waals surface area (Å²) < 4.78 is 31.2. The molecule has 2 unspecified atom stereocenters. The molecule has 0 amide bonds. The predicted octanol–water partition coefficient (Wildman–Crippen LogP) is -1.09. The van der Waals surface area contributed by atoms with Crippen LogP contribution in [-0.2, 0) is 46.7 Å². The summed E-state index contributed by atoms with van der Waals surface area (Å²) in [6, 6.07) is 0. The monoisotopic (exact) mass is 716 g/mol. The molecular weight excluding hydrogens is 690 g/mol. The summed E-state index contributed by atoms with van der Waals surface area (Å²) in [5, 5.41) is 11.4. The number of ether oxygens (including phenoxy) is 2. The first-order chi connectivity index (χ1) is 21.7. The largest absolute Gasteiger partial charge is 0.385 e. The molecular formula is C22H26N10O10P2S2. The van der Waals surface area contributed by atoms with Crippen LogP contribution in [-0.4, -0.2) is 96.0 Å². The Balaban J connectivity index is 1.19. The predicted molar refractivity (Wildman–Crippen MR) is 165 cm³/mol. The minimum Gasteiger partial charge on any atom is -0.385 e. The van der Waals surface area contributed by atoms with E-state index >= 15 is 0 Å². The van der Waals surface area contributed by atoms with Crippen molar-refractivity contribution in [1.82, 2.24) is 39.0 Å². The van der Waals surface area contributed by atoms with Crippen LogP contribution in [0.4, 0.5) is 11.8 Å². The fraction of sp³-hybridized carbons (Fsp3) is 0.455. The van der Waals surface area contributed by atoms with E-state index in [4.69, 9.17) is 52.7 Å². The number of imidazole rings is 2. The zero-order valence-corrected chi connectivity index (χ0v) is 26.7. The number of aromatic nitrogens is 8. The third-order valence-corrected chi connectivity index (χ3v) is 9.59. The highest BCUT2D eigenvalue weighted by molar-refractivity contribution is 8.07. The minimum absolute atomic E-state index is 0.0581. The first-order valence-corrected chi connectivity index (χ1v) is 18.4. The molecule has 0 radical (unpaired) electrons. The van der Waals surface area contributed by atoms with Crippen LogP contribution in [0, 0.1) is 12.3 Å². The molecule has 2 aliphatic rings. The third-order valence-electron chi connectivity index (χ3n) is 7.26. The number of nitrogens with one attached hydrogen (secondary N) is 1. The highest BCUT2D eigenvalue weighted by Crippen LogP contribution is 2.53. The molecule has 4 aromatic rings. The molecule has 0 aliphatic carbocycles. The number of nitrogen functional groups attached to an aromatic ring is 2. The van der Waals surface area contributed by atoms with E-state index in [0.29, 0.717) is 12.8 Å². The van der Waals surface area contributed by atoms with Gasteiger partial charge < -0.3 is 49.8 Å². The normalized spacial score (nSPS) is 28.1. The number of aliphatic hydroxyl groups is 1. The maximum atomic E-state index is 12.1.